The van der Waals surface area contributed by atoms with E-state index in [0.29, 0.717) is 13.0 Å². The Morgan fingerprint density at radius 1 is 1.57 bits per heavy atom. The van der Waals surface area contributed by atoms with Crippen LogP contribution < -0.4 is 0 Å². The third-order valence-electron chi connectivity index (χ3n) is 3.73. The Kier molecular flexibility index (Phi) is 4.96. The SMILES string of the molecule is CC(C)(C)OC(=O)N1[C@H](C[C@H](O)c2cccnc2)COC1(C)C. The third kappa shape index (κ3) is 4.42. The summed E-state index contributed by atoms with van der Waals surface area (Å²) in [6.45, 7) is 9.50. The van der Waals surface area contributed by atoms with E-state index in [2.05, 4.69) is 4.98 Å². The van der Waals surface area contributed by atoms with Crippen molar-refractivity contribution >= 4 is 6.09 Å². The van der Waals surface area contributed by atoms with Gasteiger partial charge in [0.05, 0.1) is 18.8 Å². The first-order valence-electron chi connectivity index (χ1n) is 7.84. The molecule has 6 nitrogen and oxygen atoms in total. The highest BCUT2D eigenvalue weighted by molar-refractivity contribution is 5.69. The molecule has 1 aromatic rings. The summed E-state index contributed by atoms with van der Waals surface area (Å²) in [6.07, 6.45) is 2.52. The Hall–Kier alpha value is -1.66. The van der Waals surface area contributed by atoms with Crippen molar-refractivity contribution in [3.63, 3.8) is 0 Å². The van der Waals surface area contributed by atoms with Crippen molar-refractivity contribution in [1.82, 2.24) is 9.88 Å². The second-order valence-electron chi connectivity index (χ2n) is 7.30. The maximum absolute atomic E-state index is 12.5. The van der Waals surface area contributed by atoms with E-state index in [1.165, 1.54) is 0 Å². The van der Waals surface area contributed by atoms with Crippen LogP contribution in [0.3, 0.4) is 0 Å². The largest absolute Gasteiger partial charge is 0.444 e. The van der Waals surface area contributed by atoms with Gasteiger partial charge in [-0.25, -0.2) is 4.79 Å². The quantitative estimate of drug-likeness (QED) is 0.926. The van der Waals surface area contributed by atoms with Gasteiger partial charge >= 0.3 is 6.09 Å². The molecule has 1 amide bonds. The van der Waals surface area contributed by atoms with Crippen LogP contribution in [0.2, 0.25) is 0 Å². The molecule has 2 rings (SSSR count). The van der Waals surface area contributed by atoms with Crippen molar-refractivity contribution in [2.24, 2.45) is 0 Å². The van der Waals surface area contributed by atoms with E-state index >= 15 is 0 Å². The van der Waals surface area contributed by atoms with Gasteiger partial charge < -0.3 is 14.6 Å². The van der Waals surface area contributed by atoms with E-state index in [9.17, 15) is 9.90 Å². The second kappa shape index (κ2) is 6.45. The van der Waals surface area contributed by atoms with Crippen molar-refractivity contribution in [3.8, 4) is 0 Å². The molecule has 0 saturated carbocycles. The van der Waals surface area contributed by atoms with E-state index in [1.54, 1.807) is 23.4 Å². The number of aromatic nitrogens is 1. The van der Waals surface area contributed by atoms with Gasteiger partial charge in [0.1, 0.15) is 11.3 Å². The normalized spacial score (nSPS) is 22.0. The highest BCUT2D eigenvalue weighted by Crippen LogP contribution is 2.33. The third-order valence-corrected chi connectivity index (χ3v) is 3.73. The fraction of sp³-hybridized carbons (Fsp3) is 0.647. The molecule has 0 radical (unpaired) electrons. The number of aliphatic hydroxyl groups is 1. The Balaban J connectivity index is 2.12. The monoisotopic (exact) mass is 322 g/mol. The van der Waals surface area contributed by atoms with Gasteiger partial charge in [0, 0.05) is 18.8 Å². The van der Waals surface area contributed by atoms with Gasteiger partial charge in [-0.15, -0.1) is 0 Å². The molecule has 128 valence electrons. The van der Waals surface area contributed by atoms with Crippen LogP contribution in [0.5, 0.6) is 0 Å². The summed E-state index contributed by atoms with van der Waals surface area (Å²) in [4.78, 5) is 18.1. The summed E-state index contributed by atoms with van der Waals surface area (Å²) in [7, 11) is 0. The van der Waals surface area contributed by atoms with Crippen LogP contribution in [0, 0.1) is 0 Å². The fourth-order valence-corrected chi connectivity index (χ4v) is 2.70. The lowest BCUT2D eigenvalue weighted by atomic mass is 10.0. The lowest BCUT2D eigenvalue weighted by molar-refractivity contribution is -0.0637. The molecular weight excluding hydrogens is 296 g/mol. The molecule has 0 unspecified atom stereocenters. The molecule has 1 aromatic heterocycles. The molecule has 2 atom stereocenters. The molecule has 1 saturated heterocycles. The first-order valence-corrected chi connectivity index (χ1v) is 7.84. The number of amides is 1. The van der Waals surface area contributed by atoms with Crippen LogP contribution in [0.15, 0.2) is 24.5 Å². The summed E-state index contributed by atoms with van der Waals surface area (Å²) in [5, 5.41) is 10.4. The second-order valence-corrected chi connectivity index (χ2v) is 7.30. The number of hydrogen-bond acceptors (Lipinski definition) is 5. The molecule has 2 heterocycles. The number of nitrogens with zero attached hydrogens (tertiary/aromatic N) is 2. The zero-order valence-electron chi connectivity index (χ0n) is 14.4. The minimum Gasteiger partial charge on any atom is -0.444 e. The highest BCUT2D eigenvalue weighted by atomic mass is 16.6. The van der Waals surface area contributed by atoms with Crippen LogP contribution >= 0.6 is 0 Å². The molecule has 6 heteroatoms. The molecule has 1 N–H and O–H groups in total. The van der Waals surface area contributed by atoms with E-state index in [4.69, 9.17) is 9.47 Å². The molecule has 0 bridgehead atoms. The van der Waals surface area contributed by atoms with Crippen molar-refractivity contribution < 1.29 is 19.4 Å². The first-order chi connectivity index (χ1) is 10.6. The molecule has 1 aliphatic heterocycles. The van der Waals surface area contributed by atoms with Gasteiger partial charge in [0.15, 0.2) is 0 Å². The molecule has 23 heavy (non-hydrogen) atoms. The van der Waals surface area contributed by atoms with Crippen LogP contribution in [0.4, 0.5) is 4.79 Å². The van der Waals surface area contributed by atoms with E-state index in [0.717, 1.165) is 5.56 Å². The number of aliphatic hydroxyl groups excluding tert-OH is 1. The molecule has 0 aliphatic carbocycles. The Labute approximate surface area is 137 Å². The Morgan fingerprint density at radius 2 is 2.26 bits per heavy atom. The lowest BCUT2D eigenvalue weighted by Crippen LogP contribution is -2.50. The molecule has 1 fully saturated rings. The van der Waals surface area contributed by atoms with E-state index in [-0.39, 0.29) is 6.04 Å². The first kappa shape index (κ1) is 17.7. The zero-order valence-corrected chi connectivity index (χ0v) is 14.4. The van der Waals surface area contributed by atoms with Gasteiger partial charge in [-0.2, -0.15) is 0 Å². The molecular formula is C17H26N2O4. The molecule has 0 spiro atoms. The van der Waals surface area contributed by atoms with E-state index in [1.807, 2.05) is 40.7 Å². The van der Waals surface area contributed by atoms with E-state index < -0.39 is 23.5 Å². The average molecular weight is 322 g/mol. The summed E-state index contributed by atoms with van der Waals surface area (Å²) in [6, 6.07) is 3.34. The van der Waals surface area contributed by atoms with Gasteiger partial charge in [-0.3, -0.25) is 9.88 Å². The molecule has 1 aliphatic rings. The predicted octanol–water partition coefficient (Wildman–Crippen LogP) is 2.88. The predicted molar refractivity (Wildman–Crippen MR) is 85.7 cm³/mol. The Morgan fingerprint density at radius 3 is 2.83 bits per heavy atom. The van der Waals surface area contributed by atoms with Gasteiger partial charge in [0.25, 0.3) is 0 Å². The summed E-state index contributed by atoms with van der Waals surface area (Å²) >= 11 is 0. The summed E-state index contributed by atoms with van der Waals surface area (Å²) in [5.41, 5.74) is -0.620. The average Bonchev–Trinajstić information content (AvgIpc) is 2.72. The number of pyridine rings is 1. The standard InChI is InChI=1S/C17H26N2O4/c1-16(2,3)23-15(21)19-13(11-22-17(19,4)5)9-14(20)12-7-6-8-18-10-12/h6-8,10,13-14,20H,9,11H2,1-5H3/t13-,14+/m1/s1. The lowest BCUT2D eigenvalue weighted by Gasteiger charge is -2.35. The fourth-order valence-electron chi connectivity index (χ4n) is 2.70. The highest BCUT2D eigenvalue weighted by Gasteiger charge is 2.46. The summed E-state index contributed by atoms with van der Waals surface area (Å²) in [5.74, 6) is 0. The topological polar surface area (TPSA) is 71.9 Å². The van der Waals surface area contributed by atoms with Gasteiger partial charge in [0.2, 0.25) is 0 Å². The zero-order chi connectivity index (χ0) is 17.3. The van der Waals surface area contributed by atoms with Gasteiger partial charge in [-0.05, 0) is 46.2 Å². The molecule has 0 aromatic carbocycles. The minimum atomic E-state index is -0.762. The van der Waals surface area contributed by atoms with Crippen LogP contribution in [0.1, 0.15) is 52.7 Å². The minimum absolute atomic E-state index is 0.255. The van der Waals surface area contributed by atoms with Crippen LogP contribution in [-0.2, 0) is 9.47 Å². The number of carbonyl (C=O) groups is 1. The Bertz CT molecular complexity index is 539. The van der Waals surface area contributed by atoms with Crippen molar-refractivity contribution in [3.05, 3.63) is 30.1 Å². The number of rotatable bonds is 3. The number of ether oxygens (including phenoxy) is 2. The van der Waals surface area contributed by atoms with Crippen molar-refractivity contribution in [1.29, 1.82) is 0 Å². The van der Waals surface area contributed by atoms with Crippen LogP contribution in [0.25, 0.3) is 0 Å². The van der Waals surface area contributed by atoms with Gasteiger partial charge in [-0.1, -0.05) is 6.07 Å². The number of hydrogen-bond donors (Lipinski definition) is 1. The number of carbonyl (C=O) groups excluding carboxylic acids is 1. The maximum Gasteiger partial charge on any atom is 0.412 e. The maximum atomic E-state index is 12.5. The van der Waals surface area contributed by atoms with Crippen molar-refractivity contribution in [2.75, 3.05) is 6.61 Å². The smallest absolute Gasteiger partial charge is 0.412 e. The van der Waals surface area contributed by atoms with Crippen molar-refractivity contribution in [2.45, 2.75) is 64.5 Å². The van der Waals surface area contributed by atoms with Crippen LogP contribution in [-0.4, -0.2) is 45.1 Å². The summed E-state index contributed by atoms with van der Waals surface area (Å²) < 4.78 is 11.2.